The number of carbonyl (C=O) groups excluding carboxylic acids is 1. The van der Waals surface area contributed by atoms with E-state index in [0.29, 0.717) is 26.4 Å². The third kappa shape index (κ3) is 3.77. The summed E-state index contributed by atoms with van der Waals surface area (Å²) >= 11 is 0. The number of carbonyl (C=O) groups is 1. The van der Waals surface area contributed by atoms with E-state index in [9.17, 15) is 4.79 Å². The molecule has 1 fully saturated rings. The molecule has 0 saturated carbocycles. The molecule has 1 saturated heterocycles. The minimum atomic E-state index is -0.131. The molecule has 0 aliphatic carbocycles. The zero-order valence-electron chi connectivity index (χ0n) is 17.3. The molecule has 0 radical (unpaired) electrons. The van der Waals surface area contributed by atoms with Crippen LogP contribution in [0.25, 0.3) is 0 Å². The molecule has 0 spiro atoms. The number of fused-ring (bicyclic) bond motifs is 6. The molecule has 2 bridgehead atoms. The highest BCUT2D eigenvalue weighted by Gasteiger charge is 2.45. The molecule has 0 unspecified atom stereocenters. The summed E-state index contributed by atoms with van der Waals surface area (Å²) in [5.74, 6) is 1.66. The van der Waals surface area contributed by atoms with Gasteiger partial charge in [-0.25, -0.2) is 0 Å². The van der Waals surface area contributed by atoms with Gasteiger partial charge in [0.25, 0.3) is 0 Å². The fourth-order valence-electron chi connectivity index (χ4n) is 4.82. The zero-order valence-corrected chi connectivity index (χ0v) is 17.3. The molecule has 0 aromatic heterocycles. The van der Waals surface area contributed by atoms with Gasteiger partial charge in [0.2, 0.25) is 0 Å². The topological polar surface area (TPSA) is 48.0 Å². The summed E-state index contributed by atoms with van der Waals surface area (Å²) in [5, 5.41) is 0. The van der Waals surface area contributed by atoms with E-state index >= 15 is 0 Å². The highest BCUT2D eigenvalue weighted by Crippen LogP contribution is 2.48. The Morgan fingerprint density at radius 2 is 1.21 bits per heavy atom. The second-order valence-electron chi connectivity index (χ2n) is 7.92. The third-order valence-electron chi connectivity index (χ3n) is 6.17. The first kappa shape index (κ1) is 19.9. The Morgan fingerprint density at radius 3 is 1.69 bits per heavy atom. The summed E-state index contributed by atoms with van der Waals surface area (Å²) in [6.07, 6.45) is 0. The van der Waals surface area contributed by atoms with Crippen molar-refractivity contribution in [3.05, 3.63) is 59.7 Å². The number of hydrogen-bond donors (Lipinski definition) is 0. The van der Waals surface area contributed by atoms with Gasteiger partial charge in [0.05, 0.1) is 13.2 Å². The smallest absolute Gasteiger partial charge is 0.142 e. The van der Waals surface area contributed by atoms with E-state index in [-0.39, 0.29) is 29.7 Å². The van der Waals surface area contributed by atoms with Crippen molar-refractivity contribution in [1.29, 1.82) is 0 Å². The lowest BCUT2D eigenvalue weighted by Gasteiger charge is -2.46. The van der Waals surface area contributed by atoms with Crippen molar-refractivity contribution in [3.8, 4) is 11.5 Å². The lowest BCUT2D eigenvalue weighted by Crippen LogP contribution is -2.47. The minimum absolute atomic E-state index is 0.0724. The number of hydrogen-bond acceptors (Lipinski definition) is 5. The predicted octanol–water partition coefficient (Wildman–Crippen LogP) is 4.04. The molecule has 29 heavy (non-hydrogen) atoms. The van der Waals surface area contributed by atoms with Gasteiger partial charge in [0, 0.05) is 35.0 Å². The van der Waals surface area contributed by atoms with Crippen LogP contribution in [-0.4, -0.2) is 44.2 Å². The van der Waals surface area contributed by atoms with Crippen LogP contribution >= 0.6 is 0 Å². The van der Waals surface area contributed by atoms with Gasteiger partial charge in [-0.05, 0) is 19.2 Å². The van der Waals surface area contributed by atoms with Crippen LogP contribution in [0.15, 0.2) is 48.5 Å². The largest absolute Gasteiger partial charge is 0.491 e. The highest BCUT2D eigenvalue weighted by atomic mass is 16.5. The quantitative estimate of drug-likeness (QED) is 0.674. The van der Waals surface area contributed by atoms with Crippen molar-refractivity contribution in [2.24, 2.45) is 11.8 Å². The lowest BCUT2D eigenvalue weighted by molar-refractivity contribution is -0.137. The van der Waals surface area contributed by atoms with E-state index < -0.39 is 0 Å². The van der Waals surface area contributed by atoms with Gasteiger partial charge in [0.1, 0.15) is 30.5 Å². The van der Waals surface area contributed by atoms with E-state index in [1.54, 1.807) is 0 Å². The van der Waals surface area contributed by atoms with Crippen LogP contribution in [0, 0.1) is 11.8 Å². The normalized spacial score (nSPS) is 28.3. The first-order valence-electron chi connectivity index (χ1n) is 10.4. The first-order chi connectivity index (χ1) is 14.1. The highest BCUT2D eigenvalue weighted by molar-refractivity contribution is 5.85. The maximum Gasteiger partial charge on any atom is 0.142 e. The number of ketones is 1. The van der Waals surface area contributed by atoms with Gasteiger partial charge in [-0.3, -0.25) is 9.69 Å². The first-order valence-corrected chi connectivity index (χ1v) is 10.4. The van der Waals surface area contributed by atoms with Gasteiger partial charge in [-0.2, -0.15) is 0 Å². The van der Waals surface area contributed by atoms with Crippen LogP contribution < -0.4 is 9.47 Å². The maximum atomic E-state index is 13.3. The number of benzene rings is 2. The molecule has 0 amide bonds. The Bertz CT molecular complexity index is 800. The van der Waals surface area contributed by atoms with E-state index in [2.05, 4.69) is 24.1 Å². The molecular weight excluding hydrogens is 366 g/mol. The molecule has 154 valence electrons. The second-order valence-corrected chi connectivity index (χ2v) is 7.92. The summed E-state index contributed by atoms with van der Waals surface area (Å²) in [4.78, 5) is 15.6. The van der Waals surface area contributed by atoms with Crippen LogP contribution in [0.3, 0.4) is 0 Å². The summed E-state index contributed by atoms with van der Waals surface area (Å²) in [6, 6.07) is 15.9. The standard InChI is InChI=1S/C24H29NO4/c1-16-22-18-8-4-6-10-20(18)28-14-12-27-13-15-29-21-11-7-5-9-19(21)23(25(22)3)17(2)24(16)26/h4-11,16-17,22-23H,12-15H2,1-3H3/t16-,17+,22+,23-. The molecule has 0 N–H and O–H groups in total. The predicted molar refractivity (Wildman–Crippen MR) is 111 cm³/mol. The van der Waals surface area contributed by atoms with Crippen molar-refractivity contribution in [2.75, 3.05) is 33.5 Å². The summed E-state index contributed by atoms with van der Waals surface area (Å²) in [6.45, 7) is 5.98. The van der Waals surface area contributed by atoms with Gasteiger partial charge in [-0.1, -0.05) is 50.2 Å². The molecule has 2 aliphatic rings. The fourth-order valence-corrected chi connectivity index (χ4v) is 4.82. The van der Waals surface area contributed by atoms with Gasteiger partial charge in [0.15, 0.2) is 0 Å². The molecule has 5 nitrogen and oxygen atoms in total. The van der Waals surface area contributed by atoms with Crippen LogP contribution in [-0.2, 0) is 9.53 Å². The van der Waals surface area contributed by atoms with Crippen LogP contribution in [0.1, 0.15) is 37.1 Å². The molecule has 2 heterocycles. The SMILES string of the molecule is C[C@@H]1C(=O)[C@H](C)[C@H]2c3ccccc3OCCOCCOc3ccccc3[C@@H]1N2C. The van der Waals surface area contributed by atoms with Crippen molar-refractivity contribution < 1.29 is 19.0 Å². The molecule has 2 aromatic rings. The molecule has 2 aliphatic heterocycles. The van der Waals surface area contributed by atoms with E-state index in [1.807, 2.05) is 50.2 Å². The monoisotopic (exact) mass is 395 g/mol. The third-order valence-corrected chi connectivity index (χ3v) is 6.17. The summed E-state index contributed by atoms with van der Waals surface area (Å²) in [7, 11) is 2.11. The molecule has 4 rings (SSSR count). The van der Waals surface area contributed by atoms with Crippen molar-refractivity contribution in [2.45, 2.75) is 25.9 Å². The van der Waals surface area contributed by atoms with E-state index in [0.717, 1.165) is 22.6 Å². The second kappa shape index (κ2) is 8.56. The van der Waals surface area contributed by atoms with Crippen LogP contribution in [0.2, 0.25) is 0 Å². The molecule has 4 atom stereocenters. The number of piperidine rings is 1. The Labute approximate surface area is 172 Å². The van der Waals surface area contributed by atoms with Gasteiger partial charge >= 0.3 is 0 Å². The van der Waals surface area contributed by atoms with Crippen molar-refractivity contribution in [3.63, 3.8) is 0 Å². The Kier molecular flexibility index (Phi) is 5.88. The number of rotatable bonds is 0. The zero-order chi connectivity index (χ0) is 20.4. The number of para-hydroxylation sites is 2. The fraction of sp³-hybridized carbons (Fsp3) is 0.458. The van der Waals surface area contributed by atoms with E-state index in [4.69, 9.17) is 14.2 Å². The maximum absolute atomic E-state index is 13.3. The number of nitrogens with zero attached hydrogens (tertiary/aromatic N) is 1. The average Bonchev–Trinajstić information content (AvgIpc) is 2.73. The Morgan fingerprint density at radius 1 is 0.759 bits per heavy atom. The minimum Gasteiger partial charge on any atom is -0.491 e. The Hall–Kier alpha value is -2.37. The summed E-state index contributed by atoms with van der Waals surface area (Å²) in [5.41, 5.74) is 2.09. The molecule has 2 aromatic carbocycles. The van der Waals surface area contributed by atoms with Gasteiger partial charge in [-0.15, -0.1) is 0 Å². The Balaban J connectivity index is 1.84. The van der Waals surface area contributed by atoms with Crippen LogP contribution in [0.5, 0.6) is 11.5 Å². The van der Waals surface area contributed by atoms with E-state index in [1.165, 1.54) is 0 Å². The number of Topliss-reactive ketones (excluding diaryl/α,β-unsaturated/α-hetero) is 1. The van der Waals surface area contributed by atoms with Crippen molar-refractivity contribution >= 4 is 5.78 Å². The summed E-state index contributed by atoms with van der Waals surface area (Å²) < 4.78 is 17.8. The molecular formula is C24H29NO4. The van der Waals surface area contributed by atoms with Crippen LogP contribution in [0.4, 0.5) is 0 Å². The number of ether oxygens (including phenoxy) is 3. The van der Waals surface area contributed by atoms with Gasteiger partial charge < -0.3 is 14.2 Å². The average molecular weight is 395 g/mol. The molecule has 5 heteroatoms. The van der Waals surface area contributed by atoms with Crippen molar-refractivity contribution in [1.82, 2.24) is 4.90 Å². The lowest BCUT2D eigenvalue weighted by atomic mass is 9.74.